The van der Waals surface area contributed by atoms with Crippen molar-refractivity contribution in [1.29, 1.82) is 0 Å². The number of hydrogen-bond acceptors (Lipinski definition) is 3. The second-order valence-corrected chi connectivity index (χ2v) is 5.67. The molecule has 0 radical (unpaired) electrons. The van der Waals surface area contributed by atoms with Crippen LogP contribution in [0.3, 0.4) is 0 Å². The normalized spacial score (nSPS) is 10.8. The molecule has 0 unspecified atom stereocenters. The third-order valence-electron chi connectivity index (χ3n) is 3.44. The van der Waals surface area contributed by atoms with E-state index >= 15 is 0 Å². The Bertz CT molecular complexity index is 928. The first-order valence-electron chi connectivity index (χ1n) is 6.63. The Kier molecular flexibility index (Phi) is 4.20. The van der Waals surface area contributed by atoms with Crippen molar-refractivity contribution in [2.24, 2.45) is 0 Å². The summed E-state index contributed by atoms with van der Waals surface area (Å²) < 4.78 is 18.9. The summed E-state index contributed by atoms with van der Waals surface area (Å²) in [6, 6.07) is 9.06. The van der Waals surface area contributed by atoms with Crippen molar-refractivity contribution in [2.75, 3.05) is 7.11 Å². The molecule has 3 nitrogen and oxygen atoms in total. The summed E-state index contributed by atoms with van der Waals surface area (Å²) in [5.41, 5.74) is 0.920. The van der Waals surface area contributed by atoms with Gasteiger partial charge >= 0.3 is 5.97 Å². The molecule has 0 N–H and O–H groups in total. The highest BCUT2D eigenvalue weighted by Gasteiger charge is 2.15. The van der Waals surface area contributed by atoms with Crippen molar-refractivity contribution in [2.45, 2.75) is 0 Å². The Balaban J connectivity index is 2.34. The molecule has 0 aliphatic heterocycles. The maximum absolute atomic E-state index is 14.2. The topological polar surface area (TPSA) is 39.2 Å². The number of nitrogens with zero attached hydrogens (tertiary/aromatic N) is 1. The third kappa shape index (κ3) is 2.87. The first-order valence-corrected chi connectivity index (χ1v) is 7.39. The number of esters is 1. The summed E-state index contributed by atoms with van der Waals surface area (Å²) in [7, 11) is 1.29. The number of methoxy groups -OCH3 is 1. The van der Waals surface area contributed by atoms with E-state index < -0.39 is 11.8 Å². The average molecular weight is 350 g/mol. The molecule has 3 aromatic rings. The van der Waals surface area contributed by atoms with Crippen molar-refractivity contribution in [3.05, 3.63) is 64.0 Å². The standard InChI is InChI=1S/C17H10Cl2FNO2/c1-23-17(22)9-2-4-11-12(6-9)16(21-8-14(11)19)13-7-10(18)3-5-15(13)20/h2-8H,1H3. The smallest absolute Gasteiger partial charge is 0.337 e. The van der Waals surface area contributed by atoms with E-state index in [0.29, 0.717) is 32.1 Å². The zero-order chi connectivity index (χ0) is 16.6. The Hall–Kier alpha value is -2.17. The lowest BCUT2D eigenvalue weighted by atomic mass is 10.0. The van der Waals surface area contributed by atoms with Crippen LogP contribution >= 0.6 is 23.2 Å². The predicted octanol–water partition coefficient (Wildman–Crippen LogP) is 5.13. The van der Waals surface area contributed by atoms with Gasteiger partial charge in [-0.25, -0.2) is 9.18 Å². The van der Waals surface area contributed by atoms with Gasteiger partial charge in [-0.1, -0.05) is 29.3 Å². The Morgan fingerprint density at radius 1 is 1.13 bits per heavy atom. The highest BCUT2D eigenvalue weighted by atomic mass is 35.5. The van der Waals surface area contributed by atoms with Crippen LogP contribution in [0.4, 0.5) is 4.39 Å². The summed E-state index contributed by atoms with van der Waals surface area (Å²) in [6.45, 7) is 0. The van der Waals surface area contributed by atoms with Crippen molar-refractivity contribution >= 4 is 39.9 Å². The van der Waals surface area contributed by atoms with Gasteiger partial charge in [-0.15, -0.1) is 0 Å². The number of fused-ring (bicyclic) bond motifs is 1. The lowest BCUT2D eigenvalue weighted by Gasteiger charge is -2.10. The SMILES string of the molecule is COC(=O)c1ccc2c(Cl)cnc(-c3cc(Cl)ccc3F)c2c1. The fourth-order valence-electron chi connectivity index (χ4n) is 2.35. The summed E-state index contributed by atoms with van der Waals surface area (Å²) in [5.74, 6) is -0.960. The number of benzene rings is 2. The number of rotatable bonds is 2. The van der Waals surface area contributed by atoms with Crippen molar-refractivity contribution in [3.8, 4) is 11.3 Å². The molecule has 1 heterocycles. The van der Waals surface area contributed by atoms with Crippen molar-refractivity contribution < 1.29 is 13.9 Å². The highest BCUT2D eigenvalue weighted by molar-refractivity contribution is 6.36. The van der Waals surface area contributed by atoms with E-state index in [1.807, 2.05) is 0 Å². The second-order valence-electron chi connectivity index (χ2n) is 4.83. The molecule has 1 aromatic heterocycles. The Morgan fingerprint density at radius 2 is 1.91 bits per heavy atom. The molecule has 0 amide bonds. The molecule has 0 aliphatic carbocycles. The summed E-state index contributed by atoms with van der Waals surface area (Å²) in [4.78, 5) is 16.0. The number of hydrogen-bond donors (Lipinski definition) is 0. The molecule has 0 saturated carbocycles. The van der Waals surface area contributed by atoms with Crippen LogP contribution in [-0.2, 0) is 4.74 Å². The zero-order valence-corrected chi connectivity index (χ0v) is 13.5. The van der Waals surface area contributed by atoms with E-state index in [2.05, 4.69) is 4.98 Å². The Morgan fingerprint density at radius 3 is 2.65 bits per heavy atom. The van der Waals surface area contributed by atoms with Gasteiger partial charge in [0.05, 0.1) is 23.4 Å². The quantitative estimate of drug-likeness (QED) is 0.601. The van der Waals surface area contributed by atoms with Crippen LogP contribution in [0.2, 0.25) is 10.0 Å². The van der Waals surface area contributed by atoms with E-state index in [1.54, 1.807) is 18.2 Å². The van der Waals surface area contributed by atoms with Crippen LogP contribution in [0.15, 0.2) is 42.6 Å². The minimum atomic E-state index is -0.496. The van der Waals surface area contributed by atoms with Gasteiger partial charge in [-0.3, -0.25) is 4.98 Å². The molecule has 0 aliphatic rings. The molecule has 23 heavy (non-hydrogen) atoms. The molecule has 3 rings (SSSR count). The second kappa shape index (κ2) is 6.14. The van der Waals surface area contributed by atoms with Crippen molar-refractivity contribution in [3.63, 3.8) is 0 Å². The number of aromatic nitrogens is 1. The van der Waals surface area contributed by atoms with Gasteiger partial charge in [0.25, 0.3) is 0 Å². The number of carbonyl (C=O) groups excluding carboxylic acids is 1. The fraction of sp³-hybridized carbons (Fsp3) is 0.0588. The van der Waals surface area contributed by atoms with Crippen LogP contribution < -0.4 is 0 Å². The van der Waals surface area contributed by atoms with E-state index in [4.69, 9.17) is 27.9 Å². The Labute approximate surface area is 141 Å². The third-order valence-corrected chi connectivity index (χ3v) is 3.98. The molecule has 116 valence electrons. The minimum Gasteiger partial charge on any atom is -0.465 e. The molecule has 0 saturated heterocycles. The molecular formula is C17H10Cl2FNO2. The van der Waals surface area contributed by atoms with Crippen LogP contribution in [0.25, 0.3) is 22.0 Å². The molecular weight excluding hydrogens is 340 g/mol. The van der Waals surface area contributed by atoms with Crippen molar-refractivity contribution in [1.82, 2.24) is 4.98 Å². The maximum atomic E-state index is 14.2. The lowest BCUT2D eigenvalue weighted by Crippen LogP contribution is -2.01. The number of halogens is 3. The number of pyridine rings is 1. The minimum absolute atomic E-state index is 0.237. The molecule has 0 atom stereocenters. The molecule has 2 aromatic carbocycles. The maximum Gasteiger partial charge on any atom is 0.337 e. The monoisotopic (exact) mass is 349 g/mol. The van der Waals surface area contributed by atoms with E-state index in [9.17, 15) is 9.18 Å². The number of ether oxygens (including phenoxy) is 1. The zero-order valence-electron chi connectivity index (χ0n) is 11.9. The number of carbonyl (C=O) groups is 1. The van der Waals surface area contributed by atoms with E-state index in [0.717, 1.165) is 0 Å². The van der Waals surface area contributed by atoms with E-state index in [-0.39, 0.29) is 5.56 Å². The first kappa shape index (κ1) is 15.7. The van der Waals surface area contributed by atoms with Gasteiger partial charge < -0.3 is 4.74 Å². The van der Waals surface area contributed by atoms with Crippen LogP contribution in [0, 0.1) is 5.82 Å². The summed E-state index contributed by atoms with van der Waals surface area (Å²) >= 11 is 12.1. The van der Waals surface area contributed by atoms with Gasteiger partial charge in [0.1, 0.15) is 5.82 Å². The van der Waals surface area contributed by atoms with Crippen LogP contribution in [0.5, 0.6) is 0 Å². The van der Waals surface area contributed by atoms with Gasteiger partial charge in [0.2, 0.25) is 0 Å². The van der Waals surface area contributed by atoms with Gasteiger partial charge in [-0.2, -0.15) is 0 Å². The van der Waals surface area contributed by atoms with Crippen LogP contribution in [-0.4, -0.2) is 18.1 Å². The van der Waals surface area contributed by atoms with Gasteiger partial charge in [0, 0.05) is 27.6 Å². The molecule has 6 heteroatoms. The van der Waals surface area contributed by atoms with Gasteiger partial charge in [-0.05, 0) is 30.3 Å². The highest BCUT2D eigenvalue weighted by Crippen LogP contribution is 2.34. The van der Waals surface area contributed by atoms with E-state index in [1.165, 1.54) is 31.5 Å². The average Bonchev–Trinajstić information content (AvgIpc) is 2.56. The largest absolute Gasteiger partial charge is 0.465 e. The molecule has 0 fully saturated rings. The summed E-state index contributed by atoms with van der Waals surface area (Å²) in [5, 5.41) is 1.99. The molecule has 0 spiro atoms. The fourth-order valence-corrected chi connectivity index (χ4v) is 2.73. The molecule has 0 bridgehead atoms. The first-order chi connectivity index (χ1) is 11.0. The predicted molar refractivity (Wildman–Crippen MR) is 88.5 cm³/mol. The van der Waals surface area contributed by atoms with Crippen LogP contribution in [0.1, 0.15) is 10.4 Å². The lowest BCUT2D eigenvalue weighted by molar-refractivity contribution is 0.0601. The summed E-state index contributed by atoms with van der Waals surface area (Å²) in [6.07, 6.45) is 1.44. The van der Waals surface area contributed by atoms with Gasteiger partial charge in [0.15, 0.2) is 0 Å².